The summed E-state index contributed by atoms with van der Waals surface area (Å²) in [6.07, 6.45) is -5.10. The molecule has 0 spiro atoms. The van der Waals surface area contributed by atoms with Crippen molar-refractivity contribution in [3.05, 3.63) is 65.5 Å². The highest BCUT2D eigenvalue weighted by Crippen LogP contribution is 2.36. The van der Waals surface area contributed by atoms with E-state index in [1.165, 1.54) is 34.9 Å². The second kappa shape index (κ2) is 7.34. The summed E-state index contributed by atoms with van der Waals surface area (Å²) in [5, 5.41) is 7.94. The van der Waals surface area contributed by atoms with Crippen LogP contribution in [0.1, 0.15) is 34.8 Å². The molecule has 0 aliphatic carbocycles. The molecule has 0 bridgehead atoms. The van der Waals surface area contributed by atoms with E-state index in [1.807, 2.05) is 0 Å². The molecule has 0 aliphatic rings. The lowest BCUT2D eigenvalue weighted by molar-refractivity contribution is -0.137. The number of aromatic nitrogens is 3. The average Bonchev–Trinajstić information content (AvgIpc) is 3.03. The molecule has 0 aliphatic heterocycles. The van der Waals surface area contributed by atoms with Crippen LogP contribution in [0.5, 0.6) is 5.75 Å². The average molecular weight is 390 g/mol. The van der Waals surface area contributed by atoms with Gasteiger partial charge in [-0.05, 0) is 37.3 Å². The van der Waals surface area contributed by atoms with Gasteiger partial charge in [-0.25, -0.2) is 0 Å². The quantitative estimate of drug-likeness (QED) is 0.719. The molecule has 1 amide bonds. The van der Waals surface area contributed by atoms with E-state index < -0.39 is 23.8 Å². The van der Waals surface area contributed by atoms with Crippen molar-refractivity contribution >= 4 is 5.91 Å². The Morgan fingerprint density at radius 3 is 2.36 bits per heavy atom. The first-order valence-corrected chi connectivity index (χ1v) is 8.31. The Kier molecular flexibility index (Phi) is 5.08. The first-order chi connectivity index (χ1) is 13.2. The van der Waals surface area contributed by atoms with Crippen molar-refractivity contribution in [2.24, 2.45) is 12.8 Å². The van der Waals surface area contributed by atoms with Crippen molar-refractivity contribution in [3.63, 3.8) is 0 Å². The highest BCUT2D eigenvalue weighted by molar-refractivity contribution is 5.92. The number of rotatable bonds is 5. The molecule has 3 rings (SSSR count). The van der Waals surface area contributed by atoms with Crippen molar-refractivity contribution in [1.82, 2.24) is 14.8 Å². The Morgan fingerprint density at radius 2 is 1.75 bits per heavy atom. The number of hydrogen-bond donors (Lipinski definition) is 1. The molecule has 1 heterocycles. The van der Waals surface area contributed by atoms with Crippen molar-refractivity contribution in [1.29, 1.82) is 0 Å². The third-order valence-electron chi connectivity index (χ3n) is 4.20. The van der Waals surface area contributed by atoms with E-state index in [9.17, 15) is 18.0 Å². The fourth-order valence-electron chi connectivity index (χ4n) is 2.81. The molecule has 0 unspecified atom stereocenters. The number of nitrogens with zero attached hydrogens (tertiary/aromatic N) is 3. The van der Waals surface area contributed by atoms with E-state index in [4.69, 9.17) is 10.5 Å². The summed E-state index contributed by atoms with van der Waals surface area (Å²) in [5.41, 5.74) is 4.69. The van der Waals surface area contributed by atoms with E-state index in [0.717, 1.165) is 6.07 Å². The number of benzene rings is 2. The maximum Gasteiger partial charge on any atom is 0.417 e. The van der Waals surface area contributed by atoms with Crippen LogP contribution >= 0.6 is 0 Å². The second-order valence-electron chi connectivity index (χ2n) is 6.13. The van der Waals surface area contributed by atoms with Crippen LogP contribution in [0.15, 0.2) is 48.5 Å². The lowest BCUT2D eigenvalue weighted by atomic mass is 10.1. The molecule has 0 radical (unpaired) electrons. The van der Waals surface area contributed by atoms with E-state index >= 15 is 0 Å². The highest BCUT2D eigenvalue weighted by Gasteiger charge is 2.34. The van der Waals surface area contributed by atoms with Crippen molar-refractivity contribution in [3.8, 4) is 17.1 Å². The zero-order chi connectivity index (χ0) is 20.5. The predicted molar refractivity (Wildman–Crippen MR) is 95.4 cm³/mol. The predicted octanol–water partition coefficient (Wildman–Crippen LogP) is 3.74. The van der Waals surface area contributed by atoms with Gasteiger partial charge in [0.1, 0.15) is 5.75 Å². The van der Waals surface area contributed by atoms with Gasteiger partial charge >= 0.3 is 6.18 Å². The summed E-state index contributed by atoms with van der Waals surface area (Å²) in [5.74, 6) is 0.340. The van der Waals surface area contributed by atoms with Gasteiger partial charge in [0.25, 0.3) is 0 Å². The number of primary amides is 1. The van der Waals surface area contributed by atoms with Crippen LogP contribution < -0.4 is 10.5 Å². The molecule has 6 nitrogen and oxygen atoms in total. The van der Waals surface area contributed by atoms with Crippen LogP contribution in [0.2, 0.25) is 0 Å². The summed E-state index contributed by atoms with van der Waals surface area (Å²) >= 11 is 0. The van der Waals surface area contributed by atoms with E-state index in [0.29, 0.717) is 17.1 Å². The molecular weight excluding hydrogens is 373 g/mol. The Labute approximate surface area is 158 Å². The molecule has 28 heavy (non-hydrogen) atoms. The van der Waals surface area contributed by atoms with Gasteiger partial charge in [-0.1, -0.05) is 18.2 Å². The van der Waals surface area contributed by atoms with Gasteiger partial charge in [0.2, 0.25) is 5.91 Å². The second-order valence-corrected chi connectivity index (χ2v) is 6.13. The summed E-state index contributed by atoms with van der Waals surface area (Å²) in [4.78, 5) is 11.1. The topological polar surface area (TPSA) is 83.0 Å². The van der Waals surface area contributed by atoms with Crippen molar-refractivity contribution in [2.45, 2.75) is 19.2 Å². The third kappa shape index (κ3) is 3.83. The number of hydrogen-bond acceptors (Lipinski definition) is 4. The Balaban J connectivity index is 1.88. The van der Waals surface area contributed by atoms with Crippen LogP contribution in [0.25, 0.3) is 11.4 Å². The van der Waals surface area contributed by atoms with Gasteiger partial charge in [-0.2, -0.15) is 13.2 Å². The van der Waals surface area contributed by atoms with Gasteiger partial charge in [-0.3, -0.25) is 4.79 Å². The number of ether oxygens (including phenoxy) is 1. The van der Waals surface area contributed by atoms with Gasteiger partial charge in [-0.15, -0.1) is 10.2 Å². The molecule has 146 valence electrons. The number of alkyl halides is 3. The number of amides is 1. The van der Waals surface area contributed by atoms with E-state index in [1.54, 1.807) is 26.1 Å². The molecule has 0 saturated carbocycles. The minimum absolute atomic E-state index is 0.0609. The number of halogens is 3. The van der Waals surface area contributed by atoms with Gasteiger partial charge < -0.3 is 15.0 Å². The van der Waals surface area contributed by atoms with Gasteiger partial charge in [0.15, 0.2) is 17.8 Å². The Bertz CT molecular complexity index is 997. The minimum Gasteiger partial charge on any atom is -0.483 e. The first kappa shape index (κ1) is 19.4. The standard InChI is InChI=1S/C19H17F3N4O2/c1-11(28-13-9-7-12(8-10-13)16(23)27)17-24-25-18(26(17)2)14-5-3-4-6-15(14)19(20,21)22/h3-11H,1-2H3,(H2,23,27)/t11-/m0/s1. The number of nitrogens with two attached hydrogens (primary N) is 1. The zero-order valence-electron chi connectivity index (χ0n) is 15.1. The number of carbonyl (C=O) groups is 1. The molecule has 1 atom stereocenters. The molecule has 9 heteroatoms. The Morgan fingerprint density at radius 1 is 1.11 bits per heavy atom. The lowest BCUT2D eigenvalue weighted by Crippen LogP contribution is -2.12. The van der Waals surface area contributed by atoms with Crippen LogP contribution in [-0.4, -0.2) is 20.7 Å². The van der Waals surface area contributed by atoms with Crippen LogP contribution in [0, 0.1) is 0 Å². The SMILES string of the molecule is C[C@H](Oc1ccc(C(N)=O)cc1)c1nnc(-c2ccccc2C(F)(F)F)n1C. The van der Waals surface area contributed by atoms with Gasteiger partial charge in [0, 0.05) is 18.2 Å². The monoisotopic (exact) mass is 390 g/mol. The van der Waals surface area contributed by atoms with Gasteiger partial charge in [0.05, 0.1) is 5.56 Å². The summed E-state index contributed by atoms with van der Waals surface area (Å²) in [7, 11) is 1.58. The third-order valence-corrected chi connectivity index (χ3v) is 4.20. The van der Waals surface area contributed by atoms with Crippen LogP contribution in [0.4, 0.5) is 13.2 Å². The normalized spacial score (nSPS) is 12.6. The number of carbonyl (C=O) groups excluding carboxylic acids is 1. The lowest BCUT2D eigenvalue weighted by Gasteiger charge is -2.15. The Hall–Kier alpha value is -3.36. The minimum atomic E-state index is -4.51. The molecule has 2 N–H and O–H groups in total. The molecule has 3 aromatic rings. The molecular formula is C19H17F3N4O2. The smallest absolute Gasteiger partial charge is 0.417 e. The molecule has 0 saturated heterocycles. The summed E-state index contributed by atoms with van der Waals surface area (Å²) in [6.45, 7) is 1.70. The maximum atomic E-state index is 13.3. The van der Waals surface area contributed by atoms with Crippen molar-refractivity contribution in [2.75, 3.05) is 0 Å². The fraction of sp³-hybridized carbons (Fsp3) is 0.211. The largest absolute Gasteiger partial charge is 0.483 e. The van der Waals surface area contributed by atoms with E-state index in [2.05, 4.69) is 10.2 Å². The molecule has 1 aromatic heterocycles. The maximum absolute atomic E-state index is 13.3. The first-order valence-electron chi connectivity index (χ1n) is 8.31. The summed E-state index contributed by atoms with van der Waals surface area (Å²) < 4.78 is 47.1. The zero-order valence-corrected chi connectivity index (χ0v) is 15.1. The highest BCUT2D eigenvalue weighted by atomic mass is 19.4. The van der Waals surface area contributed by atoms with E-state index in [-0.39, 0.29) is 11.4 Å². The fourth-order valence-corrected chi connectivity index (χ4v) is 2.81. The van der Waals surface area contributed by atoms with Crippen LogP contribution in [0.3, 0.4) is 0 Å². The van der Waals surface area contributed by atoms with Crippen LogP contribution in [-0.2, 0) is 13.2 Å². The molecule has 2 aromatic carbocycles. The molecule has 0 fully saturated rings. The summed E-state index contributed by atoms with van der Waals surface area (Å²) in [6, 6.07) is 11.4. The van der Waals surface area contributed by atoms with Crippen molar-refractivity contribution < 1.29 is 22.7 Å².